The van der Waals surface area contributed by atoms with Gasteiger partial charge in [0.15, 0.2) is 0 Å². The van der Waals surface area contributed by atoms with E-state index in [-0.39, 0.29) is 12.0 Å². The molecule has 0 heterocycles. The summed E-state index contributed by atoms with van der Waals surface area (Å²) in [4.78, 5) is 12.0. The van der Waals surface area contributed by atoms with Crippen molar-refractivity contribution >= 4 is 33.6 Å². The predicted octanol–water partition coefficient (Wildman–Crippen LogP) is 2.95. The number of benzene rings is 1. The fourth-order valence-electron chi connectivity index (χ4n) is 1.50. The van der Waals surface area contributed by atoms with Gasteiger partial charge in [-0.3, -0.25) is 4.79 Å². The van der Waals surface area contributed by atoms with E-state index in [1.54, 1.807) is 24.9 Å². The number of ether oxygens (including phenoxy) is 1. The van der Waals surface area contributed by atoms with Gasteiger partial charge in [-0.1, -0.05) is 12.1 Å². The molecule has 1 N–H and O–H groups in total. The van der Waals surface area contributed by atoms with E-state index in [2.05, 4.69) is 27.5 Å². The summed E-state index contributed by atoms with van der Waals surface area (Å²) in [5.74, 6) is 0.956. The Morgan fingerprint density at radius 3 is 2.83 bits per heavy atom. The Hall–Kier alpha value is -0.520. The molecule has 0 saturated carbocycles. The van der Waals surface area contributed by atoms with E-state index in [4.69, 9.17) is 4.74 Å². The summed E-state index contributed by atoms with van der Waals surface area (Å²) in [6, 6.07) is 7.39. The summed E-state index contributed by atoms with van der Waals surface area (Å²) < 4.78 is 6.14. The topological polar surface area (TPSA) is 38.3 Å². The third-order valence-corrected chi connectivity index (χ3v) is 3.92. The maximum absolute atomic E-state index is 12.0. The monoisotopic (exact) mass is 331 g/mol. The molecule has 0 saturated heterocycles. The van der Waals surface area contributed by atoms with Gasteiger partial charge in [0.25, 0.3) is 5.91 Å². The molecule has 1 amide bonds. The second kappa shape index (κ2) is 8.56. The van der Waals surface area contributed by atoms with Crippen LogP contribution in [0.4, 0.5) is 0 Å². The minimum absolute atomic E-state index is 0.0730. The molecule has 1 aromatic carbocycles. The van der Waals surface area contributed by atoms with Crippen LogP contribution in [0.2, 0.25) is 0 Å². The predicted molar refractivity (Wildman–Crippen MR) is 80.3 cm³/mol. The van der Waals surface area contributed by atoms with Gasteiger partial charge in [0.1, 0.15) is 0 Å². The molecule has 1 rings (SSSR count). The molecule has 0 bridgehead atoms. The second-order valence-corrected chi connectivity index (χ2v) is 5.67. The van der Waals surface area contributed by atoms with E-state index in [1.165, 1.54) is 0 Å². The zero-order chi connectivity index (χ0) is 13.4. The highest BCUT2D eigenvalue weighted by Gasteiger charge is 2.12. The van der Waals surface area contributed by atoms with Crippen molar-refractivity contribution in [3.63, 3.8) is 0 Å². The highest BCUT2D eigenvalue weighted by molar-refractivity contribution is 9.10. The quantitative estimate of drug-likeness (QED) is 0.834. The van der Waals surface area contributed by atoms with Crippen molar-refractivity contribution in [3.8, 4) is 0 Å². The van der Waals surface area contributed by atoms with Crippen LogP contribution in [0.15, 0.2) is 28.7 Å². The van der Waals surface area contributed by atoms with Gasteiger partial charge in [0.2, 0.25) is 0 Å². The molecule has 1 aromatic rings. The van der Waals surface area contributed by atoms with Crippen molar-refractivity contribution in [1.29, 1.82) is 0 Å². The van der Waals surface area contributed by atoms with Crippen molar-refractivity contribution in [1.82, 2.24) is 5.32 Å². The van der Waals surface area contributed by atoms with Gasteiger partial charge in [-0.25, -0.2) is 0 Å². The van der Waals surface area contributed by atoms with Crippen LogP contribution >= 0.6 is 27.7 Å². The summed E-state index contributed by atoms with van der Waals surface area (Å²) >= 11 is 5.15. The molecule has 1 atom stereocenters. The summed E-state index contributed by atoms with van der Waals surface area (Å²) in [5, 5.41) is 2.90. The number of rotatable bonds is 7. The second-order valence-electron chi connectivity index (χ2n) is 3.83. The average molecular weight is 332 g/mol. The molecule has 5 heteroatoms. The van der Waals surface area contributed by atoms with Crippen molar-refractivity contribution in [2.75, 3.05) is 25.7 Å². The number of hydrogen-bond acceptors (Lipinski definition) is 3. The van der Waals surface area contributed by atoms with E-state index in [1.807, 2.05) is 18.2 Å². The first kappa shape index (κ1) is 15.5. The normalized spacial score (nSPS) is 12.2. The maximum Gasteiger partial charge on any atom is 0.252 e. The molecule has 0 aromatic heterocycles. The summed E-state index contributed by atoms with van der Waals surface area (Å²) in [6.07, 6.45) is 3.07. The number of hydrogen-bond donors (Lipinski definition) is 1. The van der Waals surface area contributed by atoms with Gasteiger partial charge in [-0.2, -0.15) is 11.8 Å². The van der Waals surface area contributed by atoms with Gasteiger partial charge in [-0.15, -0.1) is 0 Å². The van der Waals surface area contributed by atoms with E-state index in [0.717, 1.165) is 16.6 Å². The minimum atomic E-state index is -0.0753. The lowest BCUT2D eigenvalue weighted by molar-refractivity contribution is 0.0819. The number of methoxy groups -OCH3 is 1. The van der Waals surface area contributed by atoms with Crippen LogP contribution in [0.5, 0.6) is 0 Å². The standard InChI is InChI=1S/C13H18BrNO2S/c1-17-10(7-8-18-2)9-15-13(16)11-5-3-4-6-12(11)14/h3-6,10H,7-9H2,1-2H3,(H,15,16). The van der Waals surface area contributed by atoms with Crippen LogP contribution in [0, 0.1) is 0 Å². The molecule has 3 nitrogen and oxygen atoms in total. The Kier molecular flexibility index (Phi) is 7.39. The highest BCUT2D eigenvalue weighted by atomic mass is 79.9. The largest absolute Gasteiger partial charge is 0.380 e. The Bertz CT molecular complexity index is 387. The van der Waals surface area contributed by atoms with Crippen molar-refractivity contribution in [2.45, 2.75) is 12.5 Å². The fourth-order valence-corrected chi connectivity index (χ4v) is 2.46. The van der Waals surface area contributed by atoms with Gasteiger partial charge in [0.05, 0.1) is 11.7 Å². The molecule has 18 heavy (non-hydrogen) atoms. The Labute approximate surface area is 121 Å². The molecule has 0 aliphatic rings. The number of carbonyl (C=O) groups is 1. The SMILES string of the molecule is COC(CCSC)CNC(=O)c1ccccc1Br. The Morgan fingerprint density at radius 2 is 2.22 bits per heavy atom. The zero-order valence-electron chi connectivity index (χ0n) is 10.6. The smallest absolute Gasteiger partial charge is 0.252 e. The zero-order valence-corrected chi connectivity index (χ0v) is 13.0. The summed E-state index contributed by atoms with van der Waals surface area (Å²) in [7, 11) is 1.68. The molecule has 0 aliphatic carbocycles. The molecule has 0 fully saturated rings. The van der Waals surface area contributed by atoms with Crippen LogP contribution < -0.4 is 5.32 Å². The van der Waals surface area contributed by atoms with E-state index in [0.29, 0.717) is 12.1 Å². The third-order valence-electron chi connectivity index (χ3n) is 2.59. The summed E-state index contributed by atoms with van der Waals surface area (Å²) in [6.45, 7) is 0.539. The minimum Gasteiger partial charge on any atom is -0.380 e. The molecular formula is C13H18BrNO2S. The van der Waals surface area contributed by atoms with E-state index >= 15 is 0 Å². The molecule has 0 spiro atoms. The fraction of sp³-hybridized carbons (Fsp3) is 0.462. The Morgan fingerprint density at radius 1 is 1.50 bits per heavy atom. The molecule has 0 radical (unpaired) electrons. The molecule has 1 unspecified atom stereocenters. The first-order valence-electron chi connectivity index (χ1n) is 5.73. The molecule has 100 valence electrons. The third kappa shape index (κ3) is 5.00. The van der Waals surface area contributed by atoms with Crippen molar-refractivity contribution in [3.05, 3.63) is 34.3 Å². The van der Waals surface area contributed by atoms with E-state index < -0.39 is 0 Å². The first-order valence-corrected chi connectivity index (χ1v) is 7.92. The maximum atomic E-state index is 12.0. The van der Waals surface area contributed by atoms with Crippen LogP contribution in [0.25, 0.3) is 0 Å². The van der Waals surface area contributed by atoms with Crippen molar-refractivity contribution < 1.29 is 9.53 Å². The van der Waals surface area contributed by atoms with Gasteiger partial charge >= 0.3 is 0 Å². The van der Waals surface area contributed by atoms with Gasteiger partial charge < -0.3 is 10.1 Å². The number of halogens is 1. The number of thioether (sulfide) groups is 1. The molecular weight excluding hydrogens is 314 g/mol. The number of nitrogens with one attached hydrogen (secondary N) is 1. The summed E-state index contributed by atoms with van der Waals surface area (Å²) in [5.41, 5.74) is 0.650. The van der Waals surface area contributed by atoms with Crippen LogP contribution in [-0.4, -0.2) is 37.7 Å². The highest BCUT2D eigenvalue weighted by Crippen LogP contribution is 2.15. The van der Waals surface area contributed by atoms with E-state index in [9.17, 15) is 4.79 Å². The average Bonchev–Trinajstić information content (AvgIpc) is 2.39. The lowest BCUT2D eigenvalue weighted by Crippen LogP contribution is -2.33. The van der Waals surface area contributed by atoms with Crippen LogP contribution in [0.1, 0.15) is 16.8 Å². The van der Waals surface area contributed by atoms with Gasteiger partial charge in [-0.05, 0) is 46.5 Å². The van der Waals surface area contributed by atoms with Crippen LogP contribution in [-0.2, 0) is 4.74 Å². The molecule has 0 aliphatic heterocycles. The van der Waals surface area contributed by atoms with Crippen molar-refractivity contribution in [2.24, 2.45) is 0 Å². The lowest BCUT2D eigenvalue weighted by atomic mass is 10.2. The lowest BCUT2D eigenvalue weighted by Gasteiger charge is -2.15. The number of carbonyl (C=O) groups excluding carboxylic acids is 1. The Balaban J connectivity index is 2.47. The van der Waals surface area contributed by atoms with Crippen LogP contribution in [0.3, 0.4) is 0 Å². The first-order chi connectivity index (χ1) is 8.69. The van der Waals surface area contributed by atoms with Gasteiger partial charge in [0, 0.05) is 18.1 Å². The number of amides is 1.